The van der Waals surface area contributed by atoms with Crippen LogP contribution >= 0.6 is 0 Å². The second-order valence-corrected chi connectivity index (χ2v) is 6.35. The average molecular weight is 320 g/mol. The first-order valence-electron chi connectivity index (χ1n) is 8.11. The Morgan fingerprint density at radius 2 is 2.22 bits per heavy atom. The maximum Gasteiger partial charge on any atom is 0.336 e. The number of rotatable bonds is 6. The van der Waals surface area contributed by atoms with Crippen molar-refractivity contribution in [3.63, 3.8) is 0 Å². The van der Waals surface area contributed by atoms with Crippen LogP contribution in [0.1, 0.15) is 51.3 Å². The van der Waals surface area contributed by atoms with Crippen LogP contribution in [0, 0.1) is 5.92 Å². The van der Waals surface area contributed by atoms with Crippen molar-refractivity contribution in [3.05, 3.63) is 11.9 Å². The van der Waals surface area contributed by atoms with Gasteiger partial charge in [0, 0.05) is 6.04 Å². The molecule has 2 atom stereocenters. The van der Waals surface area contributed by atoms with Gasteiger partial charge in [-0.2, -0.15) is 4.98 Å². The SMILES string of the molecule is CCC[C@H](C)Oc1nc(N)c2ncc(C(O)[C@H]3C[C@@H](N)C3)n2n1. The second-order valence-electron chi connectivity index (χ2n) is 6.35. The predicted molar refractivity (Wildman–Crippen MR) is 85.9 cm³/mol. The highest BCUT2D eigenvalue weighted by molar-refractivity contribution is 5.59. The molecule has 1 saturated carbocycles. The first kappa shape index (κ1) is 15.9. The molecule has 23 heavy (non-hydrogen) atoms. The Hall–Kier alpha value is -1.93. The molecule has 126 valence electrons. The largest absolute Gasteiger partial charge is 0.459 e. The summed E-state index contributed by atoms with van der Waals surface area (Å²) in [6.07, 6.45) is 4.43. The van der Waals surface area contributed by atoms with Gasteiger partial charge in [-0.25, -0.2) is 9.50 Å². The summed E-state index contributed by atoms with van der Waals surface area (Å²) < 4.78 is 7.25. The minimum Gasteiger partial charge on any atom is -0.459 e. The highest BCUT2D eigenvalue weighted by atomic mass is 16.5. The zero-order valence-electron chi connectivity index (χ0n) is 13.5. The molecule has 0 aliphatic heterocycles. The van der Waals surface area contributed by atoms with Gasteiger partial charge in [0.1, 0.15) is 6.10 Å². The van der Waals surface area contributed by atoms with E-state index in [0.29, 0.717) is 11.3 Å². The van der Waals surface area contributed by atoms with E-state index in [1.165, 1.54) is 4.52 Å². The van der Waals surface area contributed by atoms with Crippen molar-refractivity contribution >= 4 is 11.5 Å². The third-order valence-electron chi connectivity index (χ3n) is 4.36. The molecule has 0 bridgehead atoms. The van der Waals surface area contributed by atoms with Crippen molar-refractivity contribution in [2.75, 3.05) is 5.73 Å². The van der Waals surface area contributed by atoms with Gasteiger partial charge in [0.2, 0.25) is 0 Å². The Labute approximate surface area is 134 Å². The Morgan fingerprint density at radius 3 is 2.87 bits per heavy atom. The average Bonchev–Trinajstić information content (AvgIpc) is 2.88. The molecular formula is C15H24N6O2. The van der Waals surface area contributed by atoms with E-state index >= 15 is 0 Å². The van der Waals surface area contributed by atoms with Crippen molar-refractivity contribution < 1.29 is 9.84 Å². The minimum atomic E-state index is -0.667. The highest BCUT2D eigenvalue weighted by Gasteiger charge is 2.34. The number of nitrogens with zero attached hydrogens (tertiary/aromatic N) is 4. The first-order chi connectivity index (χ1) is 11.0. The molecule has 0 radical (unpaired) electrons. The van der Waals surface area contributed by atoms with Gasteiger partial charge in [0.05, 0.1) is 18.0 Å². The van der Waals surface area contributed by atoms with E-state index < -0.39 is 6.10 Å². The number of nitrogens with two attached hydrogens (primary N) is 2. The first-order valence-corrected chi connectivity index (χ1v) is 8.11. The molecule has 1 aliphatic rings. The lowest BCUT2D eigenvalue weighted by atomic mass is 9.76. The normalized spacial score (nSPS) is 23.5. The standard InChI is InChI=1S/C15H24N6O2/c1-3-4-8(2)23-15-19-13(17)14-18-7-11(21(14)20-15)12(22)9-5-10(16)6-9/h7-10,12,22H,3-6,16H2,1-2H3,(H2,17,19,20)/t8-,9-,10+,12?/m0/s1. The van der Waals surface area contributed by atoms with Crippen molar-refractivity contribution in [2.45, 2.75) is 57.8 Å². The quantitative estimate of drug-likeness (QED) is 0.726. The van der Waals surface area contributed by atoms with E-state index in [0.717, 1.165) is 25.7 Å². The fourth-order valence-corrected chi connectivity index (χ4v) is 3.00. The molecule has 5 N–H and O–H groups in total. The summed E-state index contributed by atoms with van der Waals surface area (Å²) in [7, 11) is 0. The van der Waals surface area contributed by atoms with Crippen LogP contribution in [0.5, 0.6) is 6.01 Å². The molecule has 3 rings (SSSR count). The Morgan fingerprint density at radius 1 is 1.48 bits per heavy atom. The number of nitrogen functional groups attached to an aromatic ring is 1. The molecule has 8 heteroatoms. The number of fused-ring (bicyclic) bond motifs is 1. The number of anilines is 1. The Bertz CT molecular complexity index is 682. The topological polar surface area (TPSA) is 125 Å². The van der Waals surface area contributed by atoms with Crippen molar-refractivity contribution in [2.24, 2.45) is 11.7 Å². The summed E-state index contributed by atoms with van der Waals surface area (Å²) in [4.78, 5) is 8.37. The zero-order chi connectivity index (χ0) is 16.6. The van der Waals surface area contributed by atoms with Gasteiger partial charge in [-0.3, -0.25) is 0 Å². The summed E-state index contributed by atoms with van der Waals surface area (Å²) in [6, 6.07) is 0.370. The number of imidazole rings is 1. The summed E-state index contributed by atoms with van der Waals surface area (Å²) in [5.41, 5.74) is 12.8. The molecule has 0 saturated heterocycles. The molecular weight excluding hydrogens is 296 g/mol. The van der Waals surface area contributed by atoms with Crippen LogP contribution in [-0.2, 0) is 0 Å². The van der Waals surface area contributed by atoms with Crippen LogP contribution in [0.2, 0.25) is 0 Å². The second kappa shape index (κ2) is 6.29. The zero-order valence-corrected chi connectivity index (χ0v) is 13.5. The fourth-order valence-electron chi connectivity index (χ4n) is 3.00. The fraction of sp³-hybridized carbons (Fsp3) is 0.667. The van der Waals surface area contributed by atoms with E-state index in [1.54, 1.807) is 6.20 Å². The van der Waals surface area contributed by atoms with Crippen LogP contribution in [0.15, 0.2) is 6.20 Å². The van der Waals surface area contributed by atoms with E-state index in [2.05, 4.69) is 22.0 Å². The Kier molecular flexibility index (Phi) is 4.36. The number of aliphatic hydroxyl groups excluding tert-OH is 1. The third kappa shape index (κ3) is 3.09. The molecule has 0 spiro atoms. The summed E-state index contributed by atoms with van der Waals surface area (Å²) in [5.74, 6) is 0.368. The van der Waals surface area contributed by atoms with Crippen LogP contribution in [0.25, 0.3) is 5.65 Å². The van der Waals surface area contributed by atoms with Crippen LogP contribution < -0.4 is 16.2 Å². The van der Waals surface area contributed by atoms with Crippen molar-refractivity contribution in [3.8, 4) is 6.01 Å². The minimum absolute atomic E-state index is 0.00150. The molecule has 2 aromatic heterocycles. The van der Waals surface area contributed by atoms with E-state index in [-0.39, 0.29) is 29.9 Å². The number of hydrogen-bond acceptors (Lipinski definition) is 7. The Balaban J connectivity index is 1.89. The maximum atomic E-state index is 10.5. The summed E-state index contributed by atoms with van der Waals surface area (Å²) in [6.45, 7) is 4.05. The van der Waals surface area contributed by atoms with Gasteiger partial charge in [-0.05, 0) is 32.1 Å². The van der Waals surface area contributed by atoms with E-state index in [1.807, 2.05) is 6.92 Å². The number of ether oxygens (including phenoxy) is 1. The van der Waals surface area contributed by atoms with Gasteiger partial charge >= 0.3 is 6.01 Å². The number of aliphatic hydroxyl groups is 1. The van der Waals surface area contributed by atoms with Crippen molar-refractivity contribution in [1.82, 2.24) is 19.6 Å². The lowest BCUT2D eigenvalue weighted by Crippen LogP contribution is -2.39. The molecule has 1 fully saturated rings. The molecule has 1 aliphatic carbocycles. The van der Waals surface area contributed by atoms with E-state index in [4.69, 9.17) is 16.2 Å². The molecule has 8 nitrogen and oxygen atoms in total. The summed E-state index contributed by atoms with van der Waals surface area (Å²) in [5, 5.41) is 14.9. The maximum absolute atomic E-state index is 10.5. The smallest absolute Gasteiger partial charge is 0.336 e. The van der Waals surface area contributed by atoms with Crippen LogP contribution in [-0.4, -0.2) is 36.8 Å². The molecule has 1 unspecified atom stereocenters. The lowest BCUT2D eigenvalue weighted by Gasteiger charge is -2.35. The van der Waals surface area contributed by atoms with Gasteiger partial charge < -0.3 is 21.3 Å². The third-order valence-corrected chi connectivity index (χ3v) is 4.36. The van der Waals surface area contributed by atoms with Gasteiger partial charge in [0.15, 0.2) is 11.5 Å². The van der Waals surface area contributed by atoms with Gasteiger partial charge in [-0.1, -0.05) is 13.3 Å². The molecule has 2 heterocycles. The van der Waals surface area contributed by atoms with Crippen LogP contribution in [0.4, 0.5) is 5.82 Å². The predicted octanol–water partition coefficient (Wildman–Crippen LogP) is 1.04. The molecule has 0 aromatic carbocycles. The van der Waals surface area contributed by atoms with Crippen molar-refractivity contribution in [1.29, 1.82) is 0 Å². The molecule has 0 amide bonds. The monoisotopic (exact) mass is 320 g/mol. The van der Waals surface area contributed by atoms with Crippen LogP contribution in [0.3, 0.4) is 0 Å². The molecule has 2 aromatic rings. The summed E-state index contributed by atoms with van der Waals surface area (Å²) >= 11 is 0. The highest BCUT2D eigenvalue weighted by Crippen LogP contribution is 2.37. The number of aromatic nitrogens is 4. The number of hydrogen-bond donors (Lipinski definition) is 3. The lowest BCUT2D eigenvalue weighted by molar-refractivity contribution is 0.0457. The van der Waals surface area contributed by atoms with Gasteiger partial charge in [0.25, 0.3) is 0 Å². The van der Waals surface area contributed by atoms with Gasteiger partial charge in [-0.15, -0.1) is 5.10 Å². The van der Waals surface area contributed by atoms with E-state index in [9.17, 15) is 5.11 Å².